The molecule has 1 N–H and O–H groups in total. The van der Waals surface area contributed by atoms with Gasteiger partial charge in [0.1, 0.15) is 6.54 Å². The third-order valence-corrected chi connectivity index (χ3v) is 3.70. The first-order valence-corrected chi connectivity index (χ1v) is 7.52. The third kappa shape index (κ3) is 4.21. The van der Waals surface area contributed by atoms with Crippen LogP contribution in [-0.2, 0) is 9.59 Å². The minimum Gasteiger partial charge on any atom is -0.324 e. The lowest BCUT2D eigenvalue weighted by Crippen LogP contribution is -2.37. The van der Waals surface area contributed by atoms with Gasteiger partial charge in [-0.05, 0) is 24.3 Å². The molecule has 0 radical (unpaired) electrons. The fourth-order valence-electron chi connectivity index (χ4n) is 2.01. The molecule has 0 unspecified atom stereocenters. The molecule has 8 heteroatoms. The lowest BCUT2D eigenvalue weighted by atomic mass is 10.2. The van der Waals surface area contributed by atoms with Crippen LogP contribution in [0.2, 0.25) is 10.0 Å². The summed E-state index contributed by atoms with van der Waals surface area (Å²) in [6, 6.07) is 7.61. The van der Waals surface area contributed by atoms with Crippen molar-refractivity contribution in [2.24, 2.45) is 0 Å². The Balaban J connectivity index is 2.20. The van der Waals surface area contributed by atoms with Gasteiger partial charge in [-0.3, -0.25) is 9.59 Å². The maximum atomic E-state index is 13.2. The van der Waals surface area contributed by atoms with Crippen LogP contribution in [-0.4, -0.2) is 18.4 Å². The Hall–Kier alpha value is -2.18. The molecule has 0 fully saturated rings. The molecule has 0 saturated carbocycles. The Morgan fingerprint density at radius 2 is 1.71 bits per heavy atom. The molecule has 0 atom stereocenters. The molecule has 2 aromatic rings. The summed E-state index contributed by atoms with van der Waals surface area (Å²) in [5.74, 6) is -3.19. The average Bonchev–Trinajstić information content (AvgIpc) is 2.49. The largest absolute Gasteiger partial charge is 0.324 e. The van der Waals surface area contributed by atoms with Crippen LogP contribution in [0, 0.1) is 11.6 Å². The van der Waals surface area contributed by atoms with Gasteiger partial charge in [-0.25, -0.2) is 8.78 Å². The topological polar surface area (TPSA) is 49.4 Å². The van der Waals surface area contributed by atoms with Crippen molar-refractivity contribution in [3.05, 3.63) is 58.1 Å². The lowest BCUT2D eigenvalue weighted by molar-refractivity contribution is -0.120. The van der Waals surface area contributed by atoms with Crippen molar-refractivity contribution in [3.8, 4) is 0 Å². The van der Waals surface area contributed by atoms with Crippen LogP contribution >= 0.6 is 23.2 Å². The number of benzene rings is 2. The molecule has 0 aromatic heterocycles. The molecular formula is C16H12Cl2F2N2O2. The summed E-state index contributed by atoms with van der Waals surface area (Å²) >= 11 is 12.1. The number of hydrogen-bond acceptors (Lipinski definition) is 2. The number of halogens is 4. The van der Waals surface area contributed by atoms with E-state index in [1.807, 2.05) is 0 Å². The summed E-state index contributed by atoms with van der Waals surface area (Å²) in [6.07, 6.45) is 0. The van der Waals surface area contributed by atoms with E-state index in [2.05, 4.69) is 5.32 Å². The van der Waals surface area contributed by atoms with E-state index >= 15 is 0 Å². The third-order valence-electron chi connectivity index (χ3n) is 3.09. The molecule has 24 heavy (non-hydrogen) atoms. The molecule has 0 bridgehead atoms. The molecule has 0 heterocycles. The summed E-state index contributed by atoms with van der Waals surface area (Å²) in [5.41, 5.74) is 0.265. The van der Waals surface area contributed by atoms with Crippen molar-refractivity contribution >= 4 is 46.4 Å². The highest BCUT2D eigenvalue weighted by Crippen LogP contribution is 2.33. The number of carbonyl (C=O) groups is 2. The van der Waals surface area contributed by atoms with Crippen LogP contribution in [0.15, 0.2) is 36.4 Å². The fraction of sp³-hybridized carbons (Fsp3) is 0.125. The lowest BCUT2D eigenvalue weighted by Gasteiger charge is -2.23. The van der Waals surface area contributed by atoms with Crippen molar-refractivity contribution in [2.45, 2.75) is 6.92 Å². The number of nitrogens with zero attached hydrogens (tertiary/aromatic N) is 1. The molecule has 0 saturated heterocycles. The molecule has 0 spiro atoms. The molecular weight excluding hydrogens is 361 g/mol. The Bertz CT molecular complexity index is 779. The molecule has 0 aliphatic carbocycles. The zero-order valence-corrected chi connectivity index (χ0v) is 14.0. The number of rotatable bonds is 4. The van der Waals surface area contributed by atoms with E-state index in [1.54, 1.807) is 6.07 Å². The standard InChI is InChI=1S/C16H12Cl2F2N2O2/c1-9(23)22(16-11(17)3-2-4-12(16)18)8-15(24)21-10-5-6-13(19)14(20)7-10/h2-7H,8H2,1H3,(H,21,24). The van der Waals surface area contributed by atoms with Crippen LogP contribution in [0.25, 0.3) is 0 Å². The Morgan fingerprint density at radius 3 is 2.25 bits per heavy atom. The van der Waals surface area contributed by atoms with E-state index in [0.717, 1.165) is 17.0 Å². The average molecular weight is 373 g/mol. The summed E-state index contributed by atoms with van der Waals surface area (Å²) < 4.78 is 26.1. The number of carbonyl (C=O) groups excluding carboxylic acids is 2. The highest BCUT2D eigenvalue weighted by atomic mass is 35.5. The van der Waals surface area contributed by atoms with E-state index in [-0.39, 0.29) is 21.4 Å². The van der Waals surface area contributed by atoms with Crippen molar-refractivity contribution in [2.75, 3.05) is 16.8 Å². The van der Waals surface area contributed by atoms with Gasteiger partial charge in [-0.1, -0.05) is 29.3 Å². The normalized spacial score (nSPS) is 10.4. The Kier molecular flexibility index (Phi) is 5.75. The molecule has 0 aliphatic heterocycles. The predicted octanol–water partition coefficient (Wildman–Crippen LogP) is 4.26. The van der Waals surface area contributed by atoms with Crippen molar-refractivity contribution in [1.29, 1.82) is 0 Å². The second-order valence-corrected chi connectivity index (χ2v) is 5.67. The zero-order chi connectivity index (χ0) is 17.9. The fourth-order valence-corrected chi connectivity index (χ4v) is 2.61. The van der Waals surface area contributed by atoms with Crippen LogP contribution in [0.4, 0.5) is 20.2 Å². The SMILES string of the molecule is CC(=O)N(CC(=O)Nc1ccc(F)c(F)c1)c1c(Cl)cccc1Cl. The Labute approximate surface area is 147 Å². The summed E-state index contributed by atoms with van der Waals surface area (Å²) in [7, 11) is 0. The van der Waals surface area contributed by atoms with Gasteiger partial charge in [0.05, 0.1) is 15.7 Å². The van der Waals surface area contributed by atoms with E-state index in [9.17, 15) is 18.4 Å². The van der Waals surface area contributed by atoms with Gasteiger partial charge in [0.2, 0.25) is 11.8 Å². The van der Waals surface area contributed by atoms with Gasteiger partial charge < -0.3 is 10.2 Å². The van der Waals surface area contributed by atoms with Crippen LogP contribution in [0.1, 0.15) is 6.92 Å². The van der Waals surface area contributed by atoms with E-state index in [1.165, 1.54) is 25.1 Å². The number of hydrogen-bond donors (Lipinski definition) is 1. The minimum absolute atomic E-state index is 0.0626. The first-order chi connectivity index (χ1) is 11.3. The second-order valence-electron chi connectivity index (χ2n) is 4.85. The number of para-hydroxylation sites is 1. The van der Waals surface area contributed by atoms with E-state index in [4.69, 9.17) is 23.2 Å². The quantitative estimate of drug-likeness (QED) is 0.871. The maximum Gasteiger partial charge on any atom is 0.244 e. The summed E-state index contributed by atoms with van der Waals surface area (Å²) in [5, 5.41) is 2.79. The molecule has 4 nitrogen and oxygen atoms in total. The smallest absolute Gasteiger partial charge is 0.244 e. The highest BCUT2D eigenvalue weighted by Gasteiger charge is 2.21. The summed E-state index contributed by atoms with van der Waals surface area (Å²) in [6.45, 7) is 0.863. The van der Waals surface area contributed by atoms with Crippen LogP contribution in [0.3, 0.4) is 0 Å². The van der Waals surface area contributed by atoms with Gasteiger partial charge in [0.15, 0.2) is 11.6 Å². The van der Waals surface area contributed by atoms with Gasteiger partial charge in [-0.2, -0.15) is 0 Å². The molecule has 126 valence electrons. The highest BCUT2D eigenvalue weighted by molar-refractivity contribution is 6.40. The van der Waals surface area contributed by atoms with Gasteiger partial charge in [-0.15, -0.1) is 0 Å². The number of anilines is 2. The Morgan fingerprint density at radius 1 is 1.08 bits per heavy atom. The number of nitrogens with one attached hydrogen (secondary N) is 1. The predicted molar refractivity (Wildman–Crippen MR) is 89.5 cm³/mol. The monoisotopic (exact) mass is 372 g/mol. The van der Waals surface area contributed by atoms with Gasteiger partial charge in [0, 0.05) is 18.7 Å². The van der Waals surface area contributed by atoms with Crippen molar-refractivity contribution in [3.63, 3.8) is 0 Å². The van der Waals surface area contributed by atoms with Crippen molar-refractivity contribution in [1.82, 2.24) is 0 Å². The molecule has 2 aromatic carbocycles. The maximum absolute atomic E-state index is 13.2. The van der Waals surface area contributed by atoms with Crippen LogP contribution < -0.4 is 10.2 Å². The van der Waals surface area contributed by atoms with Crippen LogP contribution in [0.5, 0.6) is 0 Å². The summed E-state index contributed by atoms with van der Waals surface area (Å²) in [4.78, 5) is 25.1. The molecule has 2 rings (SSSR count). The first-order valence-electron chi connectivity index (χ1n) is 6.76. The van der Waals surface area contributed by atoms with Gasteiger partial charge in [0.25, 0.3) is 0 Å². The molecule has 2 amide bonds. The van der Waals surface area contributed by atoms with Gasteiger partial charge >= 0.3 is 0 Å². The number of amides is 2. The van der Waals surface area contributed by atoms with E-state index < -0.39 is 30.0 Å². The van der Waals surface area contributed by atoms with Crippen molar-refractivity contribution < 1.29 is 18.4 Å². The second kappa shape index (κ2) is 7.59. The first kappa shape index (κ1) is 18.2. The van der Waals surface area contributed by atoms with E-state index in [0.29, 0.717) is 0 Å². The minimum atomic E-state index is -1.09. The zero-order valence-electron chi connectivity index (χ0n) is 12.4. The molecule has 0 aliphatic rings.